The largest absolute Gasteiger partial charge is 0.488 e. The fraction of sp³-hybridized carbons (Fsp3) is 0.167. The monoisotopic (exact) mass is 523 g/mol. The molecular formula is C30H26FN5O3. The van der Waals surface area contributed by atoms with Gasteiger partial charge in [0.15, 0.2) is 0 Å². The SMILES string of the molecule is O=c1[nH]cnc2cc(-c3ccc(F)cc3OCc3ccccc3)nc(Nc3ccc(N4CCOCC4)cc3)c12. The molecular weight excluding hydrogens is 497 g/mol. The zero-order valence-electron chi connectivity index (χ0n) is 21.1. The van der Waals surface area contributed by atoms with Gasteiger partial charge in [0.1, 0.15) is 29.4 Å². The lowest BCUT2D eigenvalue weighted by Gasteiger charge is -2.28. The van der Waals surface area contributed by atoms with Crippen molar-refractivity contribution >= 4 is 28.1 Å². The van der Waals surface area contributed by atoms with Crippen LogP contribution in [-0.4, -0.2) is 41.3 Å². The van der Waals surface area contributed by atoms with E-state index in [0.717, 1.165) is 30.0 Å². The summed E-state index contributed by atoms with van der Waals surface area (Å²) in [6.07, 6.45) is 1.35. The molecule has 6 rings (SSSR count). The fourth-order valence-corrected chi connectivity index (χ4v) is 4.59. The van der Waals surface area contributed by atoms with Crippen molar-refractivity contribution in [2.45, 2.75) is 6.61 Å². The van der Waals surface area contributed by atoms with Crippen LogP contribution in [-0.2, 0) is 11.3 Å². The Morgan fingerprint density at radius 2 is 1.79 bits per heavy atom. The van der Waals surface area contributed by atoms with Crippen LogP contribution in [0.15, 0.2) is 90.0 Å². The van der Waals surface area contributed by atoms with Crippen molar-refractivity contribution < 1.29 is 13.9 Å². The number of morpholine rings is 1. The normalized spacial score (nSPS) is 13.4. The molecule has 5 aromatic rings. The number of nitrogens with zero attached hydrogens (tertiary/aromatic N) is 3. The Kier molecular flexibility index (Phi) is 6.88. The number of hydrogen-bond donors (Lipinski definition) is 2. The van der Waals surface area contributed by atoms with Gasteiger partial charge in [-0.05, 0) is 48.0 Å². The van der Waals surface area contributed by atoms with Gasteiger partial charge in [-0.1, -0.05) is 30.3 Å². The minimum absolute atomic E-state index is 0.267. The maximum absolute atomic E-state index is 14.2. The van der Waals surface area contributed by atoms with Crippen LogP contribution in [0.3, 0.4) is 0 Å². The van der Waals surface area contributed by atoms with Crippen LogP contribution in [0.2, 0.25) is 0 Å². The van der Waals surface area contributed by atoms with Crippen molar-refractivity contribution in [1.29, 1.82) is 0 Å². The number of pyridine rings is 1. The molecule has 196 valence electrons. The minimum Gasteiger partial charge on any atom is -0.488 e. The number of hydrogen-bond acceptors (Lipinski definition) is 7. The summed E-state index contributed by atoms with van der Waals surface area (Å²) in [5.74, 6) is 0.265. The van der Waals surface area contributed by atoms with Crippen molar-refractivity contribution in [3.05, 3.63) is 107 Å². The molecule has 0 radical (unpaired) electrons. The lowest BCUT2D eigenvalue weighted by Crippen LogP contribution is -2.36. The maximum atomic E-state index is 14.2. The second-order valence-corrected chi connectivity index (χ2v) is 9.17. The van der Waals surface area contributed by atoms with Gasteiger partial charge in [0.05, 0.1) is 30.8 Å². The first kappa shape index (κ1) is 24.6. The zero-order chi connectivity index (χ0) is 26.6. The molecule has 0 bridgehead atoms. The van der Waals surface area contributed by atoms with Crippen LogP contribution < -0.4 is 20.5 Å². The highest BCUT2D eigenvalue weighted by atomic mass is 19.1. The van der Waals surface area contributed by atoms with E-state index >= 15 is 0 Å². The van der Waals surface area contributed by atoms with Crippen molar-refractivity contribution in [3.63, 3.8) is 0 Å². The van der Waals surface area contributed by atoms with E-state index in [1.165, 1.54) is 18.5 Å². The van der Waals surface area contributed by atoms with Gasteiger partial charge in [0, 0.05) is 36.1 Å². The van der Waals surface area contributed by atoms with Crippen LogP contribution in [0.4, 0.5) is 21.6 Å². The topological polar surface area (TPSA) is 92.4 Å². The Morgan fingerprint density at radius 3 is 2.59 bits per heavy atom. The molecule has 0 spiro atoms. The van der Waals surface area contributed by atoms with Crippen LogP contribution in [0.5, 0.6) is 5.75 Å². The van der Waals surface area contributed by atoms with Crippen molar-refractivity contribution in [2.24, 2.45) is 0 Å². The van der Waals surface area contributed by atoms with Gasteiger partial charge in [-0.25, -0.2) is 14.4 Å². The van der Waals surface area contributed by atoms with E-state index in [-0.39, 0.29) is 12.2 Å². The Bertz CT molecular complexity index is 1650. The second kappa shape index (κ2) is 10.9. The number of halogens is 1. The van der Waals surface area contributed by atoms with E-state index in [1.807, 2.05) is 54.6 Å². The van der Waals surface area contributed by atoms with Gasteiger partial charge in [-0.3, -0.25) is 4.79 Å². The summed E-state index contributed by atoms with van der Waals surface area (Å²) < 4.78 is 25.7. The number of rotatable bonds is 7. The number of aromatic nitrogens is 3. The molecule has 0 atom stereocenters. The maximum Gasteiger partial charge on any atom is 0.262 e. The van der Waals surface area contributed by atoms with E-state index in [9.17, 15) is 9.18 Å². The number of aromatic amines is 1. The highest BCUT2D eigenvalue weighted by Crippen LogP contribution is 2.34. The average Bonchev–Trinajstić information content (AvgIpc) is 2.97. The molecule has 0 saturated carbocycles. The Balaban J connectivity index is 1.36. The first-order chi connectivity index (χ1) is 19.1. The third-order valence-corrected chi connectivity index (χ3v) is 6.59. The smallest absolute Gasteiger partial charge is 0.262 e. The van der Waals surface area contributed by atoms with E-state index in [2.05, 4.69) is 20.2 Å². The Labute approximate surface area is 224 Å². The van der Waals surface area contributed by atoms with Crippen LogP contribution in [0.25, 0.3) is 22.2 Å². The predicted octanol–water partition coefficient (Wildman–Crippen LogP) is 5.28. The van der Waals surface area contributed by atoms with Gasteiger partial charge in [-0.2, -0.15) is 0 Å². The highest BCUT2D eigenvalue weighted by Gasteiger charge is 2.17. The second-order valence-electron chi connectivity index (χ2n) is 9.17. The number of H-pyrrole nitrogens is 1. The summed E-state index contributed by atoms with van der Waals surface area (Å²) in [5, 5.41) is 3.61. The van der Waals surface area contributed by atoms with E-state index < -0.39 is 5.82 Å². The van der Waals surface area contributed by atoms with Crippen molar-refractivity contribution in [1.82, 2.24) is 15.0 Å². The first-order valence-electron chi connectivity index (χ1n) is 12.7. The molecule has 2 N–H and O–H groups in total. The molecule has 1 fully saturated rings. The summed E-state index contributed by atoms with van der Waals surface area (Å²) in [7, 11) is 0. The molecule has 0 aliphatic carbocycles. The molecule has 0 amide bonds. The van der Waals surface area contributed by atoms with Gasteiger partial charge >= 0.3 is 0 Å². The van der Waals surface area contributed by atoms with E-state index in [1.54, 1.807) is 12.1 Å². The Morgan fingerprint density at radius 1 is 1.00 bits per heavy atom. The molecule has 1 aliphatic heterocycles. The van der Waals surface area contributed by atoms with Gasteiger partial charge in [0.25, 0.3) is 5.56 Å². The lowest BCUT2D eigenvalue weighted by molar-refractivity contribution is 0.122. The summed E-state index contributed by atoms with van der Waals surface area (Å²) in [4.78, 5) is 26.9. The predicted molar refractivity (Wildman–Crippen MR) is 149 cm³/mol. The summed E-state index contributed by atoms with van der Waals surface area (Å²) in [6, 6.07) is 23.6. The zero-order valence-corrected chi connectivity index (χ0v) is 21.1. The Hall–Kier alpha value is -4.76. The molecule has 9 heteroatoms. The van der Waals surface area contributed by atoms with Crippen LogP contribution in [0, 0.1) is 5.82 Å². The molecule has 1 aliphatic rings. The van der Waals surface area contributed by atoms with Crippen LogP contribution >= 0.6 is 0 Å². The van der Waals surface area contributed by atoms with E-state index in [0.29, 0.717) is 46.9 Å². The number of anilines is 3. The molecule has 8 nitrogen and oxygen atoms in total. The third kappa shape index (κ3) is 5.44. The quantitative estimate of drug-likeness (QED) is 0.300. The van der Waals surface area contributed by atoms with E-state index in [4.69, 9.17) is 14.5 Å². The lowest BCUT2D eigenvalue weighted by atomic mass is 10.1. The molecule has 3 heterocycles. The summed E-state index contributed by atoms with van der Waals surface area (Å²) >= 11 is 0. The van der Waals surface area contributed by atoms with Gasteiger partial charge in [-0.15, -0.1) is 0 Å². The molecule has 39 heavy (non-hydrogen) atoms. The van der Waals surface area contributed by atoms with Gasteiger partial charge in [0.2, 0.25) is 0 Å². The number of ether oxygens (including phenoxy) is 2. The minimum atomic E-state index is -0.420. The van der Waals surface area contributed by atoms with Crippen molar-refractivity contribution in [3.8, 4) is 17.0 Å². The third-order valence-electron chi connectivity index (χ3n) is 6.59. The molecule has 3 aromatic carbocycles. The number of fused-ring (bicyclic) bond motifs is 1. The summed E-state index contributed by atoms with van der Waals surface area (Å²) in [6.45, 7) is 3.37. The molecule has 1 saturated heterocycles. The fourth-order valence-electron chi connectivity index (χ4n) is 4.59. The number of benzene rings is 3. The van der Waals surface area contributed by atoms with Gasteiger partial charge < -0.3 is 24.7 Å². The highest BCUT2D eigenvalue weighted by molar-refractivity contribution is 5.93. The van der Waals surface area contributed by atoms with Crippen LogP contribution in [0.1, 0.15) is 5.56 Å². The summed E-state index contributed by atoms with van der Waals surface area (Å²) in [5.41, 5.74) is 4.04. The molecule has 0 unspecified atom stereocenters. The number of nitrogens with one attached hydrogen (secondary N) is 2. The first-order valence-corrected chi connectivity index (χ1v) is 12.7. The standard InChI is InChI=1S/C30H26FN5O3/c31-21-6-11-24(27(16-21)39-18-20-4-2-1-3-5-20)25-17-26-28(30(37)33-19-32-26)29(35-25)34-22-7-9-23(10-8-22)36-12-14-38-15-13-36/h1-11,16-17,19H,12-15,18H2,(H,34,35)(H,32,33,37). The molecule has 2 aromatic heterocycles. The van der Waals surface area contributed by atoms with Crippen molar-refractivity contribution in [2.75, 3.05) is 36.5 Å². The average molecular weight is 524 g/mol.